The molecule has 3 rings (SSSR count). The molecule has 0 saturated carbocycles. The van der Waals surface area contributed by atoms with E-state index >= 15 is 0 Å². The first-order valence-corrected chi connectivity index (χ1v) is 7.02. The van der Waals surface area contributed by atoms with Crippen molar-refractivity contribution >= 4 is 11.6 Å². The van der Waals surface area contributed by atoms with Crippen molar-refractivity contribution in [3.05, 3.63) is 48.8 Å². The maximum absolute atomic E-state index is 12.3. The summed E-state index contributed by atoms with van der Waals surface area (Å²) >= 11 is 0. The maximum atomic E-state index is 12.3. The lowest BCUT2D eigenvalue weighted by Gasteiger charge is -2.15. The van der Waals surface area contributed by atoms with Crippen molar-refractivity contribution in [2.24, 2.45) is 5.92 Å². The number of hydrogen-bond donors (Lipinski definition) is 2. The van der Waals surface area contributed by atoms with Gasteiger partial charge in [-0.25, -0.2) is 0 Å². The van der Waals surface area contributed by atoms with E-state index in [1.165, 1.54) is 0 Å². The van der Waals surface area contributed by atoms with E-state index in [4.69, 9.17) is 0 Å². The molecule has 1 amide bonds. The fraction of sp³-hybridized carbons (Fsp3) is 0.312. The van der Waals surface area contributed by atoms with Gasteiger partial charge < -0.3 is 15.2 Å². The van der Waals surface area contributed by atoms with Crippen molar-refractivity contribution in [1.82, 2.24) is 9.88 Å². The van der Waals surface area contributed by atoms with Gasteiger partial charge in [0.1, 0.15) is 0 Å². The number of amides is 1. The molecule has 0 spiro atoms. The lowest BCUT2D eigenvalue weighted by Crippen LogP contribution is -2.32. The smallest absolute Gasteiger partial charge is 0.229 e. The van der Waals surface area contributed by atoms with Crippen LogP contribution in [0.2, 0.25) is 0 Å². The van der Waals surface area contributed by atoms with Crippen molar-refractivity contribution in [1.29, 1.82) is 0 Å². The number of nitrogens with zero attached hydrogens (tertiary/aromatic N) is 1. The number of anilines is 1. The minimum atomic E-state index is 0.0604. The molecule has 4 heteroatoms. The van der Waals surface area contributed by atoms with Crippen LogP contribution in [-0.4, -0.2) is 23.1 Å². The van der Waals surface area contributed by atoms with E-state index < -0.39 is 0 Å². The van der Waals surface area contributed by atoms with Gasteiger partial charge in [-0.15, -0.1) is 0 Å². The highest BCUT2D eigenvalue weighted by molar-refractivity contribution is 5.93. The fourth-order valence-electron chi connectivity index (χ4n) is 2.70. The van der Waals surface area contributed by atoms with Gasteiger partial charge in [-0.1, -0.05) is 6.07 Å². The molecule has 1 aliphatic heterocycles. The van der Waals surface area contributed by atoms with Crippen LogP contribution in [0.4, 0.5) is 5.69 Å². The summed E-state index contributed by atoms with van der Waals surface area (Å²) in [5.41, 5.74) is 1.89. The van der Waals surface area contributed by atoms with E-state index in [1.807, 2.05) is 53.4 Å². The van der Waals surface area contributed by atoms with Gasteiger partial charge in [-0.05, 0) is 50.2 Å². The summed E-state index contributed by atoms with van der Waals surface area (Å²) in [6.45, 7) is 2.98. The predicted octanol–water partition coefficient (Wildman–Crippen LogP) is 2.41. The Labute approximate surface area is 118 Å². The number of carbonyl (C=O) groups is 1. The van der Waals surface area contributed by atoms with E-state index in [-0.39, 0.29) is 17.9 Å². The molecule has 2 N–H and O–H groups in total. The molecule has 0 radical (unpaired) electrons. The minimum Gasteiger partial charge on any atom is -0.326 e. The molecule has 1 saturated heterocycles. The molecule has 104 valence electrons. The largest absolute Gasteiger partial charge is 0.326 e. The molecule has 0 bridgehead atoms. The lowest BCUT2D eigenvalue weighted by atomic mass is 10.0. The first kappa shape index (κ1) is 12.9. The second-order valence-electron chi connectivity index (χ2n) is 5.27. The standard InChI is InChI=1S/C16H19N3O/c1-12-15(7-8-17-12)16(20)18-13-5-4-6-14(11-13)19-9-2-3-10-19/h2-6,9-12,15,17H,7-8H2,1H3,(H,18,20). The fourth-order valence-corrected chi connectivity index (χ4v) is 2.70. The monoisotopic (exact) mass is 269 g/mol. The third-order valence-electron chi connectivity index (χ3n) is 3.88. The van der Waals surface area contributed by atoms with Gasteiger partial charge in [0.15, 0.2) is 0 Å². The number of nitrogens with one attached hydrogen (secondary N) is 2. The van der Waals surface area contributed by atoms with Crippen LogP contribution in [0.1, 0.15) is 13.3 Å². The van der Waals surface area contributed by atoms with Crippen LogP contribution in [0.5, 0.6) is 0 Å². The number of benzene rings is 1. The Balaban J connectivity index is 1.74. The van der Waals surface area contributed by atoms with E-state index in [2.05, 4.69) is 17.6 Å². The molecule has 2 heterocycles. The molecular weight excluding hydrogens is 250 g/mol. The molecule has 1 aliphatic rings. The maximum Gasteiger partial charge on any atom is 0.229 e. The zero-order valence-corrected chi connectivity index (χ0v) is 11.5. The van der Waals surface area contributed by atoms with Gasteiger partial charge in [0.25, 0.3) is 0 Å². The summed E-state index contributed by atoms with van der Waals surface area (Å²) in [7, 11) is 0. The topological polar surface area (TPSA) is 46.1 Å². The summed E-state index contributed by atoms with van der Waals surface area (Å²) in [5.74, 6) is 0.164. The average molecular weight is 269 g/mol. The Hall–Kier alpha value is -2.07. The van der Waals surface area contributed by atoms with Gasteiger partial charge >= 0.3 is 0 Å². The third kappa shape index (κ3) is 2.60. The molecule has 20 heavy (non-hydrogen) atoms. The Morgan fingerprint density at radius 2 is 2.10 bits per heavy atom. The highest BCUT2D eigenvalue weighted by atomic mass is 16.1. The van der Waals surface area contributed by atoms with Gasteiger partial charge in [-0.3, -0.25) is 4.79 Å². The predicted molar refractivity (Wildman–Crippen MR) is 80.0 cm³/mol. The van der Waals surface area contributed by atoms with Crippen molar-refractivity contribution in [2.45, 2.75) is 19.4 Å². The molecule has 1 aromatic heterocycles. The van der Waals surface area contributed by atoms with Crippen LogP contribution in [0.15, 0.2) is 48.8 Å². The Bertz CT molecular complexity index is 592. The average Bonchev–Trinajstić information content (AvgIpc) is 3.09. The summed E-state index contributed by atoms with van der Waals surface area (Å²) < 4.78 is 2.02. The number of carbonyl (C=O) groups excluding carboxylic acids is 1. The van der Waals surface area contributed by atoms with E-state index in [1.54, 1.807) is 0 Å². The summed E-state index contributed by atoms with van der Waals surface area (Å²) in [5, 5.41) is 6.33. The first-order valence-electron chi connectivity index (χ1n) is 7.02. The van der Waals surface area contributed by atoms with Gasteiger partial charge in [0.05, 0.1) is 5.92 Å². The SMILES string of the molecule is CC1NCCC1C(=O)Nc1cccc(-n2cccc2)c1. The van der Waals surface area contributed by atoms with Gasteiger partial charge in [-0.2, -0.15) is 0 Å². The first-order chi connectivity index (χ1) is 9.74. The zero-order valence-electron chi connectivity index (χ0n) is 11.5. The van der Waals surface area contributed by atoms with Crippen molar-refractivity contribution in [3.8, 4) is 5.69 Å². The van der Waals surface area contributed by atoms with E-state index in [9.17, 15) is 4.79 Å². The molecule has 2 atom stereocenters. The molecule has 1 fully saturated rings. The number of rotatable bonds is 3. The van der Waals surface area contributed by atoms with Crippen LogP contribution >= 0.6 is 0 Å². The lowest BCUT2D eigenvalue weighted by molar-refractivity contribution is -0.119. The third-order valence-corrected chi connectivity index (χ3v) is 3.88. The summed E-state index contributed by atoms with van der Waals surface area (Å²) in [6, 6.07) is 12.1. The number of aromatic nitrogens is 1. The number of hydrogen-bond acceptors (Lipinski definition) is 2. The molecule has 2 unspecified atom stereocenters. The van der Waals surface area contributed by atoms with E-state index in [0.717, 1.165) is 24.3 Å². The summed E-state index contributed by atoms with van der Waals surface area (Å²) in [6.07, 6.45) is 4.89. The van der Waals surface area contributed by atoms with E-state index in [0.29, 0.717) is 0 Å². The second-order valence-corrected chi connectivity index (χ2v) is 5.27. The molecule has 4 nitrogen and oxygen atoms in total. The van der Waals surface area contributed by atoms with Gasteiger partial charge in [0.2, 0.25) is 5.91 Å². The zero-order chi connectivity index (χ0) is 13.9. The van der Waals surface area contributed by atoms with Crippen LogP contribution < -0.4 is 10.6 Å². The van der Waals surface area contributed by atoms with Crippen LogP contribution in [0.25, 0.3) is 5.69 Å². The molecule has 1 aromatic carbocycles. The van der Waals surface area contributed by atoms with Gasteiger partial charge in [0, 0.05) is 29.8 Å². The van der Waals surface area contributed by atoms with Crippen LogP contribution in [0, 0.1) is 5.92 Å². The van der Waals surface area contributed by atoms with Crippen LogP contribution in [-0.2, 0) is 4.79 Å². The van der Waals surface area contributed by atoms with Crippen molar-refractivity contribution < 1.29 is 4.79 Å². The highest BCUT2D eigenvalue weighted by Gasteiger charge is 2.29. The highest BCUT2D eigenvalue weighted by Crippen LogP contribution is 2.20. The molecule has 2 aromatic rings. The second kappa shape index (κ2) is 5.51. The molecular formula is C16H19N3O. The normalized spacial score (nSPS) is 21.9. The van der Waals surface area contributed by atoms with Crippen molar-refractivity contribution in [3.63, 3.8) is 0 Å². The molecule has 0 aliphatic carbocycles. The minimum absolute atomic E-state index is 0.0604. The van der Waals surface area contributed by atoms with Crippen molar-refractivity contribution in [2.75, 3.05) is 11.9 Å². The van der Waals surface area contributed by atoms with Crippen LogP contribution in [0.3, 0.4) is 0 Å². The Morgan fingerprint density at radius 1 is 1.30 bits per heavy atom. The Morgan fingerprint density at radius 3 is 2.80 bits per heavy atom. The summed E-state index contributed by atoms with van der Waals surface area (Å²) in [4.78, 5) is 12.3. The Kier molecular flexibility index (Phi) is 3.56. The quantitative estimate of drug-likeness (QED) is 0.899.